The molecule has 1 atom stereocenters. The first-order chi connectivity index (χ1) is 13.2. The third-order valence-corrected chi connectivity index (χ3v) is 5.99. The van der Waals surface area contributed by atoms with E-state index in [-0.39, 0.29) is 11.9 Å². The van der Waals surface area contributed by atoms with Crippen LogP contribution in [0, 0.1) is 5.92 Å². The van der Waals surface area contributed by atoms with Gasteiger partial charge in [-0.05, 0) is 44.0 Å². The molecule has 3 aliphatic rings. The average molecular weight is 361 g/mol. The Morgan fingerprint density at radius 3 is 2.59 bits per heavy atom. The van der Waals surface area contributed by atoms with E-state index in [9.17, 15) is 4.79 Å². The number of fused-ring (bicyclic) bond motifs is 4. The van der Waals surface area contributed by atoms with Crippen molar-refractivity contribution in [1.29, 1.82) is 0 Å². The van der Waals surface area contributed by atoms with Crippen LogP contribution in [0.3, 0.4) is 0 Å². The molecule has 3 aromatic rings. The van der Waals surface area contributed by atoms with E-state index in [0.717, 1.165) is 36.1 Å². The molecule has 0 radical (unpaired) electrons. The predicted octanol–water partition coefficient (Wildman–Crippen LogP) is 3.51. The lowest BCUT2D eigenvalue weighted by molar-refractivity contribution is 0.0607. The van der Waals surface area contributed by atoms with Crippen molar-refractivity contribution in [2.75, 3.05) is 25.4 Å². The lowest BCUT2D eigenvalue weighted by Crippen LogP contribution is -2.57. The Kier molecular flexibility index (Phi) is 3.90. The van der Waals surface area contributed by atoms with Crippen molar-refractivity contribution < 1.29 is 9.21 Å². The Hall–Kier alpha value is -2.79. The molecule has 0 aliphatic carbocycles. The average Bonchev–Trinajstić information content (AvgIpc) is 3.14. The van der Waals surface area contributed by atoms with E-state index >= 15 is 0 Å². The van der Waals surface area contributed by atoms with Gasteiger partial charge in [0, 0.05) is 34.8 Å². The van der Waals surface area contributed by atoms with Crippen molar-refractivity contribution >= 4 is 22.6 Å². The number of nitrogens with zero attached hydrogens (tertiary/aromatic N) is 1. The van der Waals surface area contributed by atoms with Gasteiger partial charge in [0.25, 0.3) is 5.91 Å². The van der Waals surface area contributed by atoms with Crippen LogP contribution in [0.4, 0.5) is 5.69 Å². The molecule has 2 bridgehead atoms. The summed E-state index contributed by atoms with van der Waals surface area (Å²) in [7, 11) is 0. The number of benzene rings is 2. The third kappa shape index (κ3) is 2.88. The first-order valence-electron chi connectivity index (χ1n) is 9.60. The van der Waals surface area contributed by atoms with Gasteiger partial charge in [-0.3, -0.25) is 4.79 Å². The SMILES string of the molecule is Nc1ccccc1-c1cccc2cc(C(=O)NC3CN4CCC3CC4)oc12. The van der Waals surface area contributed by atoms with Gasteiger partial charge in [0.15, 0.2) is 5.76 Å². The van der Waals surface area contributed by atoms with Crippen LogP contribution in [0.25, 0.3) is 22.1 Å². The fourth-order valence-corrected chi connectivity index (χ4v) is 4.50. The van der Waals surface area contributed by atoms with E-state index in [4.69, 9.17) is 10.2 Å². The van der Waals surface area contributed by atoms with Gasteiger partial charge in [0.1, 0.15) is 5.58 Å². The fourth-order valence-electron chi connectivity index (χ4n) is 4.50. The number of amides is 1. The maximum Gasteiger partial charge on any atom is 0.287 e. The summed E-state index contributed by atoms with van der Waals surface area (Å²) >= 11 is 0. The maximum atomic E-state index is 12.8. The zero-order chi connectivity index (χ0) is 18.4. The van der Waals surface area contributed by atoms with E-state index < -0.39 is 0 Å². The molecule has 0 saturated carbocycles. The molecule has 5 heteroatoms. The number of nitrogens with two attached hydrogens (primary N) is 1. The Labute approximate surface area is 158 Å². The minimum Gasteiger partial charge on any atom is -0.450 e. The normalized spacial score (nSPS) is 24.2. The van der Waals surface area contributed by atoms with Crippen molar-refractivity contribution in [3.8, 4) is 11.1 Å². The fraction of sp³-hybridized carbons (Fsp3) is 0.318. The molecule has 1 aromatic heterocycles. The van der Waals surface area contributed by atoms with E-state index in [1.54, 1.807) is 0 Å². The van der Waals surface area contributed by atoms with Gasteiger partial charge in [0.05, 0.1) is 0 Å². The number of furan rings is 1. The van der Waals surface area contributed by atoms with Crippen molar-refractivity contribution in [3.63, 3.8) is 0 Å². The Morgan fingerprint density at radius 1 is 1.07 bits per heavy atom. The molecule has 3 aliphatic heterocycles. The van der Waals surface area contributed by atoms with Crippen LogP contribution in [-0.4, -0.2) is 36.5 Å². The van der Waals surface area contributed by atoms with E-state index in [1.165, 1.54) is 12.8 Å². The first-order valence-corrected chi connectivity index (χ1v) is 9.60. The van der Waals surface area contributed by atoms with Crippen LogP contribution < -0.4 is 11.1 Å². The van der Waals surface area contributed by atoms with Crippen molar-refractivity contribution in [1.82, 2.24) is 10.2 Å². The van der Waals surface area contributed by atoms with Crippen LogP contribution in [0.15, 0.2) is 52.9 Å². The Morgan fingerprint density at radius 2 is 1.85 bits per heavy atom. The number of carbonyl (C=O) groups is 1. The molecular formula is C22H23N3O2. The molecule has 6 rings (SSSR count). The van der Waals surface area contributed by atoms with Crippen LogP contribution >= 0.6 is 0 Å². The topological polar surface area (TPSA) is 71.5 Å². The summed E-state index contributed by atoms with van der Waals surface area (Å²) in [5.74, 6) is 0.823. The standard InChI is InChI=1S/C22H23N3O2/c23-18-7-2-1-5-16(18)17-6-3-4-15-12-20(27-21(15)17)22(26)24-19-13-25-10-8-14(19)9-11-25/h1-7,12,14,19H,8-11,13,23H2,(H,24,26). The Bertz CT molecular complexity index is 1000. The number of hydrogen-bond donors (Lipinski definition) is 2. The molecule has 5 nitrogen and oxygen atoms in total. The van der Waals surface area contributed by atoms with Crippen molar-refractivity contribution in [2.45, 2.75) is 18.9 Å². The molecule has 1 unspecified atom stereocenters. The van der Waals surface area contributed by atoms with Gasteiger partial charge in [0.2, 0.25) is 0 Å². The molecule has 138 valence electrons. The zero-order valence-electron chi connectivity index (χ0n) is 15.2. The quantitative estimate of drug-likeness (QED) is 0.701. The minimum absolute atomic E-state index is 0.128. The molecule has 1 amide bonds. The molecule has 3 fully saturated rings. The lowest BCUT2D eigenvalue weighted by atomic mass is 9.84. The van der Waals surface area contributed by atoms with E-state index in [2.05, 4.69) is 10.2 Å². The second-order valence-corrected chi connectivity index (χ2v) is 7.64. The van der Waals surface area contributed by atoms with Crippen LogP contribution in [0.5, 0.6) is 0 Å². The van der Waals surface area contributed by atoms with Gasteiger partial charge in [-0.1, -0.05) is 36.4 Å². The second-order valence-electron chi connectivity index (χ2n) is 7.64. The number of piperidine rings is 3. The van der Waals surface area contributed by atoms with Gasteiger partial charge >= 0.3 is 0 Å². The summed E-state index contributed by atoms with van der Waals surface area (Å²) in [5, 5.41) is 4.11. The highest BCUT2D eigenvalue weighted by Crippen LogP contribution is 2.34. The number of nitrogen functional groups attached to an aromatic ring is 1. The molecule has 3 N–H and O–H groups in total. The number of nitrogens with one attached hydrogen (secondary N) is 1. The highest BCUT2D eigenvalue weighted by molar-refractivity contribution is 6.01. The summed E-state index contributed by atoms with van der Waals surface area (Å²) in [4.78, 5) is 15.3. The summed E-state index contributed by atoms with van der Waals surface area (Å²) < 4.78 is 6.01. The smallest absolute Gasteiger partial charge is 0.287 e. The molecule has 27 heavy (non-hydrogen) atoms. The van der Waals surface area contributed by atoms with Gasteiger partial charge in [-0.15, -0.1) is 0 Å². The molecule has 2 aromatic carbocycles. The highest BCUT2D eigenvalue weighted by atomic mass is 16.3. The minimum atomic E-state index is -0.128. The number of para-hydroxylation sites is 2. The van der Waals surface area contributed by atoms with Crippen LogP contribution in [0.2, 0.25) is 0 Å². The molecule has 4 heterocycles. The number of carbonyl (C=O) groups excluding carboxylic acids is 1. The first kappa shape index (κ1) is 16.4. The van der Waals surface area contributed by atoms with Gasteiger partial charge in [-0.25, -0.2) is 0 Å². The Balaban J connectivity index is 1.46. The summed E-state index contributed by atoms with van der Waals surface area (Å²) in [5.41, 5.74) is 9.37. The van der Waals surface area contributed by atoms with Gasteiger partial charge in [-0.2, -0.15) is 0 Å². The third-order valence-electron chi connectivity index (χ3n) is 5.99. The highest BCUT2D eigenvalue weighted by Gasteiger charge is 2.35. The van der Waals surface area contributed by atoms with Crippen LogP contribution in [0.1, 0.15) is 23.4 Å². The molecule has 0 spiro atoms. The van der Waals surface area contributed by atoms with Crippen molar-refractivity contribution in [3.05, 3.63) is 54.3 Å². The zero-order valence-corrected chi connectivity index (χ0v) is 15.2. The number of anilines is 1. The largest absolute Gasteiger partial charge is 0.450 e. The summed E-state index contributed by atoms with van der Waals surface area (Å²) in [6.07, 6.45) is 2.34. The predicted molar refractivity (Wildman–Crippen MR) is 106 cm³/mol. The molecule has 3 saturated heterocycles. The maximum absolute atomic E-state index is 12.8. The van der Waals surface area contributed by atoms with Crippen LogP contribution in [-0.2, 0) is 0 Å². The van der Waals surface area contributed by atoms with Crippen molar-refractivity contribution in [2.24, 2.45) is 5.92 Å². The summed E-state index contributed by atoms with van der Waals surface area (Å²) in [6.45, 7) is 3.26. The lowest BCUT2D eigenvalue weighted by Gasteiger charge is -2.44. The van der Waals surface area contributed by atoms with Gasteiger partial charge < -0.3 is 20.4 Å². The van der Waals surface area contributed by atoms with E-state index in [1.807, 2.05) is 48.5 Å². The van der Waals surface area contributed by atoms with E-state index in [0.29, 0.717) is 22.9 Å². The number of hydrogen-bond acceptors (Lipinski definition) is 4. The molecular weight excluding hydrogens is 338 g/mol. The number of rotatable bonds is 3. The summed E-state index contributed by atoms with van der Waals surface area (Å²) in [6, 6.07) is 15.7. The monoisotopic (exact) mass is 361 g/mol. The second kappa shape index (κ2) is 6.43.